The number of halogens is 1. The Morgan fingerprint density at radius 1 is 1.24 bits per heavy atom. The number of pyridine rings is 1. The summed E-state index contributed by atoms with van der Waals surface area (Å²) in [4.78, 5) is 3.95. The van der Waals surface area contributed by atoms with Crippen molar-refractivity contribution in [3.8, 4) is 0 Å². The molecule has 1 heterocycles. The van der Waals surface area contributed by atoms with Gasteiger partial charge >= 0.3 is 0 Å². The van der Waals surface area contributed by atoms with Crippen LogP contribution in [0.2, 0.25) is 0 Å². The van der Waals surface area contributed by atoms with Crippen molar-refractivity contribution < 1.29 is 4.39 Å². The molecule has 1 aliphatic rings. The quantitative estimate of drug-likeness (QED) is 0.513. The van der Waals surface area contributed by atoms with Crippen LogP contribution in [0.3, 0.4) is 0 Å². The monoisotopic (exact) mass is 285 g/mol. The summed E-state index contributed by atoms with van der Waals surface area (Å²) in [5.74, 6) is -0.819. The summed E-state index contributed by atoms with van der Waals surface area (Å²) in [5.41, 5.74) is 14.5. The zero-order valence-corrected chi connectivity index (χ0v) is 11.4. The number of fused-ring (bicyclic) bond motifs is 1. The third-order valence-corrected chi connectivity index (χ3v) is 3.66. The molecule has 0 fully saturated rings. The first kappa shape index (κ1) is 13.4. The molecule has 0 radical (unpaired) electrons. The zero-order chi connectivity index (χ0) is 15.0. The number of rotatable bonds is 3. The molecule has 0 bridgehead atoms. The first-order chi connectivity index (χ1) is 10.0. The fourth-order valence-electron chi connectivity index (χ4n) is 2.59. The number of nitrogens with one attached hydrogen (secondary N) is 2. The topological polar surface area (TPSA) is 101 Å². The van der Waals surface area contributed by atoms with Crippen molar-refractivity contribution in [1.82, 2.24) is 4.98 Å². The Kier molecular flexibility index (Phi) is 3.21. The standard InChI is InChI=1S/C15H16FN5/c16-12-7-11(13(17)18)14(19)21-15(12)20-10-5-4-8-2-1-3-9(8)6-10/h4-7H,1-3H2,(H3,17,18)(H3,19,20,21). The van der Waals surface area contributed by atoms with Crippen LogP contribution in [0.5, 0.6) is 0 Å². The Labute approximate surface area is 121 Å². The van der Waals surface area contributed by atoms with Gasteiger partial charge in [0.05, 0.1) is 5.56 Å². The number of nitrogen functional groups attached to an aromatic ring is 2. The highest BCUT2D eigenvalue weighted by Gasteiger charge is 2.14. The van der Waals surface area contributed by atoms with Gasteiger partial charge in [-0.15, -0.1) is 0 Å². The van der Waals surface area contributed by atoms with Crippen LogP contribution < -0.4 is 16.8 Å². The van der Waals surface area contributed by atoms with Gasteiger partial charge in [-0.05, 0) is 48.6 Å². The maximum absolute atomic E-state index is 14.0. The highest BCUT2D eigenvalue weighted by Crippen LogP contribution is 2.27. The summed E-state index contributed by atoms with van der Waals surface area (Å²) in [7, 11) is 0. The van der Waals surface area contributed by atoms with Crippen molar-refractivity contribution in [2.45, 2.75) is 19.3 Å². The van der Waals surface area contributed by atoms with Gasteiger partial charge in [-0.1, -0.05) is 6.07 Å². The number of amidine groups is 1. The average molecular weight is 285 g/mol. The average Bonchev–Trinajstić information content (AvgIpc) is 2.89. The van der Waals surface area contributed by atoms with Gasteiger partial charge in [0, 0.05) is 5.69 Å². The lowest BCUT2D eigenvalue weighted by Gasteiger charge is -2.11. The number of aromatic nitrogens is 1. The molecule has 0 saturated heterocycles. The van der Waals surface area contributed by atoms with Gasteiger partial charge in [-0.25, -0.2) is 9.37 Å². The molecule has 0 aliphatic heterocycles. The lowest BCUT2D eigenvalue weighted by molar-refractivity contribution is 0.626. The molecule has 1 aromatic carbocycles. The summed E-state index contributed by atoms with van der Waals surface area (Å²) in [6.07, 6.45) is 3.31. The summed E-state index contributed by atoms with van der Waals surface area (Å²) >= 11 is 0. The number of hydrogen-bond acceptors (Lipinski definition) is 4. The molecule has 5 nitrogen and oxygen atoms in total. The zero-order valence-electron chi connectivity index (χ0n) is 11.4. The molecular weight excluding hydrogens is 269 g/mol. The normalized spacial score (nSPS) is 13.0. The van der Waals surface area contributed by atoms with E-state index in [4.69, 9.17) is 16.9 Å². The fourth-order valence-corrected chi connectivity index (χ4v) is 2.59. The van der Waals surface area contributed by atoms with Crippen LogP contribution in [0.4, 0.5) is 21.7 Å². The van der Waals surface area contributed by atoms with Gasteiger partial charge in [-0.3, -0.25) is 5.41 Å². The second-order valence-electron chi connectivity index (χ2n) is 5.13. The van der Waals surface area contributed by atoms with Crippen molar-refractivity contribution in [3.63, 3.8) is 0 Å². The molecule has 0 unspecified atom stereocenters. The summed E-state index contributed by atoms with van der Waals surface area (Å²) in [5, 5.41) is 10.3. The maximum atomic E-state index is 14.0. The summed E-state index contributed by atoms with van der Waals surface area (Å²) < 4.78 is 14.0. The van der Waals surface area contributed by atoms with Crippen molar-refractivity contribution in [2.24, 2.45) is 5.73 Å². The minimum atomic E-state index is -0.588. The Morgan fingerprint density at radius 2 is 2.00 bits per heavy atom. The minimum absolute atomic E-state index is 0.0348. The van der Waals surface area contributed by atoms with E-state index in [0.717, 1.165) is 31.0 Å². The number of nitrogens with two attached hydrogens (primary N) is 2. The van der Waals surface area contributed by atoms with Crippen LogP contribution in [0.25, 0.3) is 0 Å². The summed E-state index contributed by atoms with van der Waals surface area (Å²) in [6, 6.07) is 7.09. The van der Waals surface area contributed by atoms with E-state index in [9.17, 15) is 4.39 Å². The number of hydrogen-bond donors (Lipinski definition) is 4. The van der Waals surface area contributed by atoms with Crippen LogP contribution in [-0.4, -0.2) is 10.8 Å². The predicted octanol–water partition coefficient (Wildman–Crippen LogP) is 2.32. The van der Waals surface area contributed by atoms with Crippen molar-refractivity contribution >= 4 is 23.2 Å². The molecule has 1 aromatic heterocycles. The van der Waals surface area contributed by atoms with Gasteiger partial charge in [0.25, 0.3) is 0 Å². The second-order valence-corrected chi connectivity index (χ2v) is 5.13. The largest absolute Gasteiger partial charge is 0.384 e. The molecule has 0 atom stereocenters. The third-order valence-electron chi connectivity index (χ3n) is 3.66. The molecule has 1 aliphatic carbocycles. The highest BCUT2D eigenvalue weighted by atomic mass is 19.1. The number of aryl methyl sites for hydroxylation is 2. The van der Waals surface area contributed by atoms with Crippen molar-refractivity contribution in [1.29, 1.82) is 5.41 Å². The van der Waals surface area contributed by atoms with Gasteiger partial charge < -0.3 is 16.8 Å². The fraction of sp³-hybridized carbons (Fsp3) is 0.200. The molecule has 3 rings (SSSR count). The first-order valence-corrected chi connectivity index (χ1v) is 6.74. The molecule has 108 valence electrons. The molecule has 0 saturated carbocycles. The Morgan fingerprint density at radius 3 is 2.76 bits per heavy atom. The number of nitrogens with zero attached hydrogens (tertiary/aromatic N) is 1. The van der Waals surface area contributed by atoms with Crippen LogP contribution >= 0.6 is 0 Å². The Hall–Kier alpha value is -2.63. The summed E-state index contributed by atoms with van der Waals surface area (Å²) in [6.45, 7) is 0. The van der Waals surface area contributed by atoms with E-state index in [-0.39, 0.29) is 23.0 Å². The van der Waals surface area contributed by atoms with Gasteiger partial charge in [0.2, 0.25) is 0 Å². The second kappa shape index (κ2) is 5.05. The third kappa shape index (κ3) is 2.52. The van der Waals surface area contributed by atoms with E-state index in [0.29, 0.717) is 0 Å². The molecular formula is C15H16FN5. The van der Waals surface area contributed by atoms with Crippen LogP contribution in [-0.2, 0) is 12.8 Å². The lowest BCUT2D eigenvalue weighted by atomic mass is 10.1. The Balaban J connectivity index is 1.91. The minimum Gasteiger partial charge on any atom is -0.384 e. The van der Waals surface area contributed by atoms with Crippen LogP contribution in [0, 0.1) is 11.2 Å². The Bertz CT molecular complexity index is 726. The van der Waals surface area contributed by atoms with Gasteiger partial charge in [-0.2, -0.15) is 0 Å². The van der Waals surface area contributed by atoms with E-state index in [2.05, 4.69) is 16.4 Å². The molecule has 6 N–H and O–H groups in total. The molecule has 6 heteroatoms. The van der Waals surface area contributed by atoms with E-state index in [1.54, 1.807) is 0 Å². The van der Waals surface area contributed by atoms with Crippen LogP contribution in [0.15, 0.2) is 24.3 Å². The molecule has 0 amide bonds. The number of benzene rings is 1. The maximum Gasteiger partial charge on any atom is 0.169 e. The van der Waals surface area contributed by atoms with E-state index < -0.39 is 5.82 Å². The predicted molar refractivity (Wildman–Crippen MR) is 81.4 cm³/mol. The van der Waals surface area contributed by atoms with E-state index in [1.165, 1.54) is 11.1 Å². The molecule has 21 heavy (non-hydrogen) atoms. The SMILES string of the molecule is N=C(N)c1cc(F)c(Nc2ccc3c(c2)CCC3)nc1N. The van der Waals surface area contributed by atoms with Gasteiger partial charge in [0.1, 0.15) is 11.7 Å². The van der Waals surface area contributed by atoms with Gasteiger partial charge in [0.15, 0.2) is 11.6 Å². The molecule has 2 aromatic rings. The van der Waals surface area contributed by atoms with E-state index >= 15 is 0 Å². The van der Waals surface area contributed by atoms with Crippen molar-refractivity contribution in [3.05, 3.63) is 46.8 Å². The first-order valence-electron chi connectivity index (χ1n) is 6.74. The number of anilines is 3. The van der Waals surface area contributed by atoms with Crippen molar-refractivity contribution in [2.75, 3.05) is 11.1 Å². The lowest BCUT2D eigenvalue weighted by Crippen LogP contribution is -2.16. The molecule has 0 spiro atoms. The van der Waals surface area contributed by atoms with E-state index in [1.807, 2.05) is 12.1 Å². The smallest absolute Gasteiger partial charge is 0.169 e. The highest BCUT2D eigenvalue weighted by molar-refractivity contribution is 5.99. The van der Waals surface area contributed by atoms with Crippen LogP contribution in [0.1, 0.15) is 23.1 Å².